The quantitative estimate of drug-likeness (QED) is 0.852. The van der Waals surface area contributed by atoms with E-state index in [-0.39, 0.29) is 0 Å². The SMILES string of the molecule is c1cnc(N2CCOCC2)c(CNC[C@H]2CNc3ccnn3C2)c1. The van der Waals surface area contributed by atoms with Crippen molar-refractivity contribution in [3.63, 3.8) is 0 Å². The summed E-state index contributed by atoms with van der Waals surface area (Å²) in [6.45, 7) is 7.14. The molecule has 0 radical (unpaired) electrons. The van der Waals surface area contributed by atoms with E-state index in [9.17, 15) is 0 Å². The van der Waals surface area contributed by atoms with Crippen LogP contribution in [0.5, 0.6) is 0 Å². The molecule has 1 saturated heterocycles. The van der Waals surface area contributed by atoms with Gasteiger partial charge in [-0.25, -0.2) is 9.67 Å². The van der Waals surface area contributed by atoms with E-state index in [0.29, 0.717) is 5.92 Å². The van der Waals surface area contributed by atoms with Gasteiger partial charge in [-0.05, 0) is 6.07 Å². The van der Waals surface area contributed by atoms with Crippen molar-refractivity contribution in [1.29, 1.82) is 0 Å². The third kappa shape index (κ3) is 3.37. The molecule has 0 saturated carbocycles. The number of aromatic nitrogens is 3. The molecule has 2 aromatic rings. The van der Waals surface area contributed by atoms with E-state index in [1.165, 1.54) is 5.56 Å². The molecule has 1 fully saturated rings. The minimum atomic E-state index is 0.543. The van der Waals surface area contributed by atoms with Crippen molar-refractivity contribution in [1.82, 2.24) is 20.1 Å². The highest BCUT2D eigenvalue weighted by Crippen LogP contribution is 2.19. The van der Waals surface area contributed by atoms with Crippen LogP contribution in [0.1, 0.15) is 5.56 Å². The fourth-order valence-electron chi connectivity index (χ4n) is 3.36. The summed E-state index contributed by atoms with van der Waals surface area (Å²) in [5.74, 6) is 2.75. The Bertz CT molecular complexity index is 667. The zero-order valence-corrected chi connectivity index (χ0v) is 13.8. The summed E-state index contributed by atoms with van der Waals surface area (Å²) < 4.78 is 7.48. The van der Waals surface area contributed by atoms with E-state index in [1.54, 1.807) is 0 Å². The van der Waals surface area contributed by atoms with Gasteiger partial charge in [0.15, 0.2) is 0 Å². The molecule has 7 nitrogen and oxygen atoms in total. The van der Waals surface area contributed by atoms with Crippen LogP contribution in [0.4, 0.5) is 11.6 Å². The number of hydrogen-bond acceptors (Lipinski definition) is 6. The summed E-state index contributed by atoms with van der Waals surface area (Å²) in [6.07, 6.45) is 3.72. The molecule has 0 amide bonds. The molecule has 2 aliphatic rings. The third-order valence-corrected chi connectivity index (χ3v) is 4.65. The molecule has 1 atom stereocenters. The molecule has 2 aliphatic heterocycles. The van der Waals surface area contributed by atoms with E-state index in [4.69, 9.17) is 4.74 Å². The van der Waals surface area contributed by atoms with Crippen LogP contribution >= 0.6 is 0 Å². The highest BCUT2D eigenvalue weighted by atomic mass is 16.5. The molecule has 4 rings (SSSR count). The van der Waals surface area contributed by atoms with Crippen LogP contribution in [0.15, 0.2) is 30.6 Å². The predicted octanol–water partition coefficient (Wildman–Crippen LogP) is 0.946. The molecule has 0 unspecified atom stereocenters. The molecule has 0 aromatic carbocycles. The molecule has 128 valence electrons. The van der Waals surface area contributed by atoms with E-state index >= 15 is 0 Å². The van der Waals surface area contributed by atoms with E-state index < -0.39 is 0 Å². The van der Waals surface area contributed by atoms with Crippen molar-refractivity contribution >= 4 is 11.6 Å². The normalized spacial score (nSPS) is 20.5. The molecule has 2 aromatic heterocycles. The molecular formula is C17H24N6O. The highest BCUT2D eigenvalue weighted by molar-refractivity contribution is 5.47. The van der Waals surface area contributed by atoms with Gasteiger partial charge in [0, 0.05) is 63.0 Å². The Morgan fingerprint density at radius 1 is 1.25 bits per heavy atom. The maximum atomic E-state index is 5.44. The van der Waals surface area contributed by atoms with Crippen LogP contribution in [0.25, 0.3) is 0 Å². The monoisotopic (exact) mass is 328 g/mol. The van der Waals surface area contributed by atoms with Crippen molar-refractivity contribution in [2.75, 3.05) is 49.6 Å². The van der Waals surface area contributed by atoms with Gasteiger partial charge in [-0.15, -0.1) is 0 Å². The molecule has 0 aliphatic carbocycles. The van der Waals surface area contributed by atoms with Gasteiger partial charge in [0.05, 0.1) is 19.4 Å². The fraction of sp³-hybridized carbons (Fsp3) is 0.529. The number of ether oxygens (including phenoxy) is 1. The average molecular weight is 328 g/mol. The topological polar surface area (TPSA) is 67.2 Å². The molecule has 0 bridgehead atoms. The van der Waals surface area contributed by atoms with Crippen LogP contribution in [0.3, 0.4) is 0 Å². The van der Waals surface area contributed by atoms with Crippen molar-refractivity contribution in [2.45, 2.75) is 13.1 Å². The molecule has 7 heteroatoms. The van der Waals surface area contributed by atoms with Gasteiger partial charge >= 0.3 is 0 Å². The lowest BCUT2D eigenvalue weighted by Gasteiger charge is -2.29. The Hall–Kier alpha value is -2.12. The number of rotatable bonds is 5. The number of fused-ring (bicyclic) bond motifs is 1. The summed E-state index contributed by atoms with van der Waals surface area (Å²) in [6, 6.07) is 6.20. The Morgan fingerprint density at radius 3 is 3.08 bits per heavy atom. The molecule has 24 heavy (non-hydrogen) atoms. The first kappa shape index (κ1) is 15.4. The first-order valence-electron chi connectivity index (χ1n) is 8.63. The smallest absolute Gasteiger partial charge is 0.133 e. The first-order valence-corrected chi connectivity index (χ1v) is 8.63. The molecule has 0 spiro atoms. The van der Waals surface area contributed by atoms with Crippen LogP contribution < -0.4 is 15.5 Å². The number of nitrogens with zero attached hydrogens (tertiary/aromatic N) is 4. The second-order valence-corrected chi connectivity index (χ2v) is 6.36. The van der Waals surface area contributed by atoms with Crippen LogP contribution in [0.2, 0.25) is 0 Å². The van der Waals surface area contributed by atoms with Crippen molar-refractivity contribution in [3.8, 4) is 0 Å². The number of anilines is 2. The minimum Gasteiger partial charge on any atom is -0.378 e. The van der Waals surface area contributed by atoms with Crippen molar-refractivity contribution in [3.05, 3.63) is 36.2 Å². The second kappa shape index (κ2) is 7.19. The summed E-state index contributed by atoms with van der Waals surface area (Å²) in [4.78, 5) is 6.91. The van der Waals surface area contributed by atoms with Gasteiger partial charge in [0.1, 0.15) is 11.6 Å². The van der Waals surface area contributed by atoms with E-state index in [1.807, 2.05) is 29.2 Å². The maximum absolute atomic E-state index is 5.44. The number of pyridine rings is 1. The predicted molar refractivity (Wildman–Crippen MR) is 93.2 cm³/mol. The van der Waals surface area contributed by atoms with Gasteiger partial charge in [-0.3, -0.25) is 0 Å². The maximum Gasteiger partial charge on any atom is 0.133 e. The largest absolute Gasteiger partial charge is 0.378 e. The summed E-state index contributed by atoms with van der Waals surface area (Å²) >= 11 is 0. The highest BCUT2D eigenvalue weighted by Gasteiger charge is 2.19. The third-order valence-electron chi connectivity index (χ3n) is 4.65. The van der Waals surface area contributed by atoms with Crippen LogP contribution in [-0.2, 0) is 17.8 Å². The zero-order chi connectivity index (χ0) is 16.2. The lowest BCUT2D eigenvalue weighted by atomic mass is 10.1. The summed E-state index contributed by atoms with van der Waals surface area (Å²) in [7, 11) is 0. The standard InChI is InChI=1S/C17H24N6O/c1-2-15(17(19-4-1)22-6-8-24-9-7-22)12-18-10-14-11-20-16-3-5-21-23(16)13-14/h1-5,14,18,20H,6-13H2/t14-/m0/s1. The van der Waals surface area contributed by atoms with Gasteiger partial charge in [0.25, 0.3) is 0 Å². The van der Waals surface area contributed by atoms with Gasteiger partial charge in [-0.1, -0.05) is 6.07 Å². The summed E-state index contributed by atoms with van der Waals surface area (Å²) in [5.41, 5.74) is 1.25. The molecular weight excluding hydrogens is 304 g/mol. The van der Waals surface area contributed by atoms with Crippen molar-refractivity contribution < 1.29 is 4.74 Å². The number of nitrogens with one attached hydrogen (secondary N) is 2. The van der Waals surface area contributed by atoms with Gasteiger partial charge < -0.3 is 20.3 Å². The van der Waals surface area contributed by atoms with E-state index in [0.717, 1.165) is 64.1 Å². The first-order chi connectivity index (χ1) is 11.9. The average Bonchev–Trinajstić information content (AvgIpc) is 3.11. The number of hydrogen-bond donors (Lipinski definition) is 2. The Balaban J connectivity index is 1.33. The fourth-order valence-corrected chi connectivity index (χ4v) is 3.36. The van der Waals surface area contributed by atoms with Gasteiger partial charge in [0.2, 0.25) is 0 Å². The molecule has 2 N–H and O–H groups in total. The Morgan fingerprint density at radius 2 is 2.17 bits per heavy atom. The minimum absolute atomic E-state index is 0.543. The Labute approximate surface area is 142 Å². The van der Waals surface area contributed by atoms with E-state index in [2.05, 4.69) is 31.7 Å². The van der Waals surface area contributed by atoms with Crippen molar-refractivity contribution in [2.24, 2.45) is 5.92 Å². The van der Waals surface area contributed by atoms with Crippen LogP contribution in [0, 0.1) is 5.92 Å². The number of morpholine rings is 1. The lowest BCUT2D eigenvalue weighted by molar-refractivity contribution is 0.122. The Kier molecular flexibility index (Phi) is 4.62. The zero-order valence-electron chi connectivity index (χ0n) is 13.8. The van der Waals surface area contributed by atoms with Crippen LogP contribution in [-0.4, -0.2) is 54.2 Å². The second-order valence-electron chi connectivity index (χ2n) is 6.36. The van der Waals surface area contributed by atoms with Gasteiger partial charge in [-0.2, -0.15) is 5.10 Å². The molecule has 4 heterocycles. The lowest BCUT2D eigenvalue weighted by Crippen LogP contribution is -2.38. The summed E-state index contributed by atoms with van der Waals surface area (Å²) in [5, 5.41) is 11.4.